The lowest BCUT2D eigenvalue weighted by molar-refractivity contribution is -0.138. The Labute approximate surface area is 113 Å². The van der Waals surface area contributed by atoms with Crippen LogP contribution < -0.4 is 5.32 Å². The Morgan fingerprint density at radius 2 is 2.00 bits per heavy atom. The predicted molar refractivity (Wildman–Crippen MR) is 65.6 cm³/mol. The lowest BCUT2D eigenvalue weighted by atomic mass is 9.82. The van der Waals surface area contributed by atoms with E-state index in [2.05, 4.69) is 5.32 Å². The molecule has 0 unspecified atom stereocenters. The highest BCUT2D eigenvalue weighted by molar-refractivity contribution is 5.91. The van der Waals surface area contributed by atoms with Crippen LogP contribution in [0.2, 0.25) is 0 Å². The second-order valence-electron chi connectivity index (χ2n) is 4.94. The third-order valence-electron chi connectivity index (χ3n) is 3.36. The van der Waals surface area contributed by atoms with Gasteiger partial charge >= 0.3 is 12.1 Å². The number of alkyl halides is 3. The number of rotatable bonds is 4. The number of hydrogen-bond donors (Lipinski definition) is 3. The first-order valence-corrected chi connectivity index (χ1v) is 6.14. The van der Waals surface area contributed by atoms with Crippen LogP contribution in [0, 0.1) is 5.92 Å². The molecule has 0 radical (unpaired) electrons. The molecular weight excluding hydrogens is 275 g/mol. The van der Waals surface area contributed by atoms with Crippen molar-refractivity contribution in [1.82, 2.24) is 0 Å². The van der Waals surface area contributed by atoms with E-state index >= 15 is 0 Å². The number of carboxylic acid groups (broad SMARTS) is 1. The van der Waals surface area contributed by atoms with Crippen molar-refractivity contribution in [1.29, 1.82) is 0 Å². The molecule has 2 rings (SSSR count). The molecule has 20 heavy (non-hydrogen) atoms. The smallest absolute Gasteiger partial charge is 0.417 e. The van der Waals surface area contributed by atoms with Gasteiger partial charge in [-0.2, -0.15) is 13.2 Å². The SMILES string of the molecule is O=C(O)c1cc(NCC2CC(O)C2)ccc1C(F)(F)F. The molecule has 4 nitrogen and oxygen atoms in total. The monoisotopic (exact) mass is 289 g/mol. The van der Waals surface area contributed by atoms with Gasteiger partial charge in [0.2, 0.25) is 0 Å². The first-order chi connectivity index (χ1) is 9.27. The number of anilines is 1. The van der Waals surface area contributed by atoms with Gasteiger partial charge in [-0.1, -0.05) is 0 Å². The molecule has 1 saturated carbocycles. The zero-order chi connectivity index (χ0) is 14.9. The van der Waals surface area contributed by atoms with Gasteiger partial charge in [0.15, 0.2) is 0 Å². The fraction of sp³-hybridized carbons (Fsp3) is 0.462. The topological polar surface area (TPSA) is 69.6 Å². The van der Waals surface area contributed by atoms with E-state index < -0.39 is 23.3 Å². The molecule has 0 aliphatic heterocycles. The molecule has 1 fully saturated rings. The molecule has 3 N–H and O–H groups in total. The average Bonchev–Trinajstić information content (AvgIpc) is 2.31. The number of carbonyl (C=O) groups is 1. The molecule has 0 amide bonds. The Morgan fingerprint density at radius 1 is 1.35 bits per heavy atom. The van der Waals surface area contributed by atoms with E-state index in [1.807, 2.05) is 0 Å². The van der Waals surface area contributed by atoms with Crippen molar-refractivity contribution in [2.24, 2.45) is 5.92 Å². The lowest BCUT2D eigenvalue weighted by Gasteiger charge is -2.31. The average molecular weight is 289 g/mol. The van der Waals surface area contributed by atoms with Crippen LogP contribution in [0.1, 0.15) is 28.8 Å². The molecule has 1 aromatic rings. The van der Waals surface area contributed by atoms with Gasteiger partial charge in [-0.15, -0.1) is 0 Å². The third-order valence-corrected chi connectivity index (χ3v) is 3.36. The summed E-state index contributed by atoms with van der Waals surface area (Å²) in [4.78, 5) is 10.9. The van der Waals surface area contributed by atoms with Crippen LogP contribution in [0.5, 0.6) is 0 Å². The summed E-state index contributed by atoms with van der Waals surface area (Å²) in [7, 11) is 0. The summed E-state index contributed by atoms with van der Waals surface area (Å²) in [5.74, 6) is -1.35. The quantitative estimate of drug-likeness (QED) is 0.797. The normalized spacial score (nSPS) is 22.2. The van der Waals surface area contributed by atoms with Crippen molar-refractivity contribution in [3.8, 4) is 0 Å². The van der Waals surface area contributed by atoms with Crippen LogP contribution in [0.3, 0.4) is 0 Å². The number of carboxylic acids is 1. The standard InChI is InChI=1S/C13H14F3NO3/c14-13(15,16)11-2-1-8(5-10(11)12(19)20)17-6-7-3-9(18)4-7/h1-2,5,7,9,17-18H,3-4,6H2,(H,19,20). The molecule has 7 heteroatoms. The summed E-state index contributed by atoms with van der Waals surface area (Å²) < 4.78 is 37.9. The maximum Gasteiger partial charge on any atom is 0.417 e. The van der Waals surface area contributed by atoms with Crippen molar-refractivity contribution < 1.29 is 28.2 Å². The van der Waals surface area contributed by atoms with Crippen LogP contribution in [0.25, 0.3) is 0 Å². The fourth-order valence-corrected chi connectivity index (χ4v) is 2.21. The van der Waals surface area contributed by atoms with Gasteiger partial charge < -0.3 is 15.5 Å². The molecule has 110 valence electrons. The predicted octanol–water partition coefficient (Wildman–Crippen LogP) is 2.59. The van der Waals surface area contributed by atoms with Crippen molar-refractivity contribution in [3.05, 3.63) is 29.3 Å². The summed E-state index contributed by atoms with van der Waals surface area (Å²) in [5.41, 5.74) is -1.59. The molecule has 1 aromatic carbocycles. The van der Waals surface area contributed by atoms with E-state index in [9.17, 15) is 18.0 Å². The van der Waals surface area contributed by atoms with Crippen LogP contribution in [0.15, 0.2) is 18.2 Å². The largest absolute Gasteiger partial charge is 0.478 e. The summed E-state index contributed by atoms with van der Waals surface area (Å²) in [6.45, 7) is 0.501. The third kappa shape index (κ3) is 3.22. The highest BCUT2D eigenvalue weighted by atomic mass is 19.4. The molecule has 0 atom stereocenters. The van der Waals surface area contributed by atoms with Gasteiger partial charge in [0.25, 0.3) is 0 Å². The summed E-state index contributed by atoms with van der Waals surface area (Å²) >= 11 is 0. The van der Waals surface area contributed by atoms with Gasteiger partial charge in [-0.05, 0) is 37.0 Å². The molecule has 0 heterocycles. The Balaban J connectivity index is 2.11. The van der Waals surface area contributed by atoms with E-state index in [4.69, 9.17) is 10.2 Å². The number of aromatic carboxylic acids is 1. The minimum Gasteiger partial charge on any atom is -0.478 e. The van der Waals surface area contributed by atoms with E-state index in [1.165, 1.54) is 6.07 Å². The van der Waals surface area contributed by atoms with Gasteiger partial charge in [0, 0.05) is 12.2 Å². The van der Waals surface area contributed by atoms with Crippen LogP contribution in [-0.4, -0.2) is 28.8 Å². The minimum atomic E-state index is -4.69. The van der Waals surface area contributed by atoms with Gasteiger partial charge in [0.05, 0.1) is 17.2 Å². The fourth-order valence-electron chi connectivity index (χ4n) is 2.21. The van der Waals surface area contributed by atoms with Gasteiger partial charge in [0.1, 0.15) is 0 Å². The van der Waals surface area contributed by atoms with E-state index in [0.717, 1.165) is 12.1 Å². The number of aliphatic hydroxyl groups is 1. The Morgan fingerprint density at radius 3 is 2.50 bits per heavy atom. The maximum atomic E-state index is 12.6. The van der Waals surface area contributed by atoms with Crippen LogP contribution >= 0.6 is 0 Å². The molecule has 0 saturated heterocycles. The summed E-state index contributed by atoms with van der Waals surface area (Å²) in [6, 6.07) is 2.96. The van der Waals surface area contributed by atoms with Gasteiger partial charge in [-0.25, -0.2) is 4.79 Å². The highest BCUT2D eigenvalue weighted by Gasteiger charge is 2.35. The second-order valence-corrected chi connectivity index (χ2v) is 4.94. The summed E-state index contributed by atoms with van der Waals surface area (Å²) in [5, 5.41) is 20.9. The molecule has 0 spiro atoms. The van der Waals surface area contributed by atoms with Crippen molar-refractivity contribution in [2.45, 2.75) is 25.1 Å². The van der Waals surface area contributed by atoms with Crippen LogP contribution in [0.4, 0.5) is 18.9 Å². The minimum absolute atomic E-state index is 0.264. The number of benzene rings is 1. The number of aliphatic hydroxyl groups excluding tert-OH is 1. The van der Waals surface area contributed by atoms with Crippen LogP contribution in [-0.2, 0) is 6.18 Å². The molecule has 0 bridgehead atoms. The number of hydrogen-bond acceptors (Lipinski definition) is 3. The maximum absolute atomic E-state index is 12.6. The van der Waals surface area contributed by atoms with Gasteiger partial charge in [-0.3, -0.25) is 0 Å². The van der Waals surface area contributed by atoms with E-state index in [0.29, 0.717) is 25.1 Å². The van der Waals surface area contributed by atoms with Crippen molar-refractivity contribution in [3.63, 3.8) is 0 Å². The zero-order valence-corrected chi connectivity index (χ0v) is 10.4. The van der Waals surface area contributed by atoms with E-state index in [-0.39, 0.29) is 12.0 Å². The molecule has 1 aliphatic carbocycles. The summed E-state index contributed by atoms with van der Waals surface area (Å²) in [6.07, 6.45) is -3.69. The molecule has 0 aromatic heterocycles. The van der Waals surface area contributed by atoms with Crippen molar-refractivity contribution in [2.75, 3.05) is 11.9 Å². The Bertz CT molecular complexity index is 510. The number of halogens is 3. The highest BCUT2D eigenvalue weighted by Crippen LogP contribution is 2.34. The van der Waals surface area contributed by atoms with E-state index in [1.54, 1.807) is 0 Å². The first kappa shape index (κ1) is 14.6. The van der Waals surface area contributed by atoms with Crippen molar-refractivity contribution >= 4 is 11.7 Å². The zero-order valence-electron chi connectivity index (χ0n) is 10.4. The Kier molecular flexibility index (Phi) is 3.89. The molecular formula is C13H14F3NO3. The molecule has 1 aliphatic rings. The number of nitrogens with one attached hydrogen (secondary N) is 1. The Hall–Kier alpha value is -1.76. The second kappa shape index (κ2) is 5.32. The lowest BCUT2D eigenvalue weighted by Crippen LogP contribution is -2.33. The first-order valence-electron chi connectivity index (χ1n) is 6.14.